The lowest BCUT2D eigenvalue weighted by Gasteiger charge is -2.15. The molecule has 21 heavy (non-hydrogen) atoms. The maximum absolute atomic E-state index is 12.8. The Hall–Kier alpha value is -1.56. The average Bonchev–Trinajstić information content (AvgIpc) is 2.90. The molecule has 1 aliphatic heterocycles. The maximum atomic E-state index is 12.8. The maximum Gasteiger partial charge on any atom is 0.416 e. The molecule has 3 nitrogen and oxygen atoms in total. The van der Waals surface area contributed by atoms with Crippen molar-refractivity contribution in [3.63, 3.8) is 0 Å². The van der Waals surface area contributed by atoms with Crippen LogP contribution in [-0.4, -0.2) is 19.0 Å². The van der Waals surface area contributed by atoms with Crippen molar-refractivity contribution in [3.05, 3.63) is 29.3 Å². The summed E-state index contributed by atoms with van der Waals surface area (Å²) in [5, 5.41) is 5.81. The second-order valence-electron chi connectivity index (χ2n) is 5.42. The van der Waals surface area contributed by atoms with Crippen LogP contribution in [0.1, 0.15) is 30.4 Å². The summed E-state index contributed by atoms with van der Waals surface area (Å²) in [5.74, 6) is 0.252. The molecule has 1 amide bonds. The molecular weight excluding hydrogens is 281 g/mol. The first kappa shape index (κ1) is 15.8. The third-order valence-electron chi connectivity index (χ3n) is 3.86. The lowest BCUT2D eigenvalue weighted by atomic mass is 10.0. The fourth-order valence-corrected chi connectivity index (χ4v) is 2.59. The van der Waals surface area contributed by atoms with Gasteiger partial charge in [0.2, 0.25) is 5.91 Å². The summed E-state index contributed by atoms with van der Waals surface area (Å²) in [5.41, 5.74) is -0.416. The first-order chi connectivity index (χ1) is 9.88. The van der Waals surface area contributed by atoms with Gasteiger partial charge in [-0.15, -0.1) is 0 Å². The van der Waals surface area contributed by atoms with Crippen molar-refractivity contribution in [1.82, 2.24) is 5.32 Å². The minimum absolute atomic E-state index is 0.0564. The fourth-order valence-electron chi connectivity index (χ4n) is 2.59. The van der Waals surface area contributed by atoms with Gasteiger partial charge >= 0.3 is 6.18 Å². The van der Waals surface area contributed by atoms with Crippen LogP contribution in [0.2, 0.25) is 0 Å². The molecule has 0 aliphatic carbocycles. The van der Waals surface area contributed by atoms with E-state index in [-0.39, 0.29) is 17.2 Å². The van der Waals surface area contributed by atoms with E-state index in [4.69, 9.17) is 0 Å². The molecule has 6 heteroatoms. The van der Waals surface area contributed by atoms with Gasteiger partial charge in [0.05, 0.1) is 5.56 Å². The number of carbonyl (C=O) groups is 1. The predicted octanol–water partition coefficient (Wildman–Crippen LogP) is 3.34. The Balaban J connectivity index is 1.97. The largest absolute Gasteiger partial charge is 0.416 e. The highest BCUT2D eigenvalue weighted by Crippen LogP contribution is 2.34. The third-order valence-corrected chi connectivity index (χ3v) is 3.86. The Bertz CT molecular complexity index is 508. The van der Waals surface area contributed by atoms with E-state index in [1.165, 1.54) is 19.1 Å². The van der Waals surface area contributed by atoms with Gasteiger partial charge in [0, 0.05) is 12.1 Å². The van der Waals surface area contributed by atoms with Crippen LogP contribution in [0.25, 0.3) is 0 Å². The monoisotopic (exact) mass is 300 g/mol. The zero-order valence-electron chi connectivity index (χ0n) is 11.9. The summed E-state index contributed by atoms with van der Waals surface area (Å²) in [6, 6.07) is 3.83. The number of rotatable bonds is 4. The van der Waals surface area contributed by atoms with Gasteiger partial charge in [0.15, 0.2) is 0 Å². The van der Waals surface area contributed by atoms with Crippen LogP contribution in [0.5, 0.6) is 0 Å². The molecule has 2 N–H and O–H groups in total. The van der Waals surface area contributed by atoms with Crippen molar-refractivity contribution < 1.29 is 18.0 Å². The highest BCUT2D eigenvalue weighted by Gasteiger charge is 2.33. The molecule has 0 saturated carbocycles. The number of nitrogens with one attached hydrogen (secondary N) is 2. The molecule has 1 aromatic rings. The summed E-state index contributed by atoms with van der Waals surface area (Å²) in [4.78, 5) is 11.9. The lowest BCUT2D eigenvalue weighted by Crippen LogP contribution is -2.17. The molecule has 1 unspecified atom stereocenters. The van der Waals surface area contributed by atoms with Crippen molar-refractivity contribution >= 4 is 11.6 Å². The first-order valence-corrected chi connectivity index (χ1v) is 7.05. The summed E-state index contributed by atoms with van der Waals surface area (Å²) in [6.07, 6.45) is -2.25. The Kier molecular flexibility index (Phi) is 4.88. The smallest absolute Gasteiger partial charge is 0.326 e. The molecule has 0 radical (unpaired) electrons. The van der Waals surface area contributed by atoms with Crippen molar-refractivity contribution in [3.8, 4) is 0 Å². The molecular formula is C15H19F3N2O. The minimum atomic E-state index is -4.40. The topological polar surface area (TPSA) is 41.1 Å². The standard InChI is InChI=1S/C15H19F3N2O/c1-10-12(15(16,17)18)3-2-4-13(10)20-14(21)6-5-11-7-8-19-9-11/h2-4,11,19H,5-9H2,1H3,(H,20,21). The number of hydrogen-bond acceptors (Lipinski definition) is 2. The van der Waals surface area contributed by atoms with Gasteiger partial charge in [-0.25, -0.2) is 0 Å². The van der Waals surface area contributed by atoms with Crippen molar-refractivity contribution in [2.45, 2.75) is 32.4 Å². The first-order valence-electron chi connectivity index (χ1n) is 7.05. The number of alkyl halides is 3. The van der Waals surface area contributed by atoms with Crippen LogP contribution in [0.4, 0.5) is 18.9 Å². The molecule has 0 spiro atoms. The molecule has 116 valence electrons. The van der Waals surface area contributed by atoms with E-state index < -0.39 is 11.7 Å². The lowest BCUT2D eigenvalue weighted by molar-refractivity contribution is -0.138. The number of benzene rings is 1. The molecule has 1 fully saturated rings. The third kappa shape index (κ3) is 4.20. The van der Waals surface area contributed by atoms with E-state index in [9.17, 15) is 18.0 Å². The zero-order chi connectivity index (χ0) is 15.5. The van der Waals surface area contributed by atoms with Crippen molar-refractivity contribution in [2.24, 2.45) is 5.92 Å². The van der Waals surface area contributed by atoms with Crippen molar-refractivity contribution in [2.75, 3.05) is 18.4 Å². The Morgan fingerprint density at radius 1 is 1.43 bits per heavy atom. The second kappa shape index (κ2) is 6.47. The SMILES string of the molecule is Cc1c(NC(=O)CCC2CCNC2)cccc1C(F)(F)F. The van der Waals surface area contributed by atoms with Gasteiger partial charge in [-0.05, 0) is 56.5 Å². The number of halogens is 3. The quantitative estimate of drug-likeness (QED) is 0.895. The summed E-state index contributed by atoms with van der Waals surface area (Å²) < 4.78 is 38.4. The molecule has 0 aromatic heterocycles. The van der Waals surface area contributed by atoms with Gasteiger partial charge in [-0.2, -0.15) is 13.2 Å². The molecule has 1 aromatic carbocycles. The van der Waals surface area contributed by atoms with Crippen LogP contribution in [0, 0.1) is 12.8 Å². The van der Waals surface area contributed by atoms with E-state index in [1.807, 2.05) is 0 Å². The van der Waals surface area contributed by atoms with Crippen LogP contribution >= 0.6 is 0 Å². The van der Waals surface area contributed by atoms with Gasteiger partial charge in [0.25, 0.3) is 0 Å². The van der Waals surface area contributed by atoms with Crippen LogP contribution in [0.3, 0.4) is 0 Å². The molecule has 1 heterocycles. The van der Waals surface area contributed by atoms with E-state index in [0.29, 0.717) is 12.3 Å². The molecule has 0 bridgehead atoms. The summed E-state index contributed by atoms with van der Waals surface area (Å²) in [7, 11) is 0. The van der Waals surface area contributed by atoms with Gasteiger partial charge < -0.3 is 10.6 Å². The van der Waals surface area contributed by atoms with Crippen LogP contribution in [0.15, 0.2) is 18.2 Å². The predicted molar refractivity (Wildman–Crippen MR) is 75.0 cm³/mol. The number of hydrogen-bond donors (Lipinski definition) is 2. The van der Waals surface area contributed by atoms with E-state index in [0.717, 1.165) is 32.0 Å². The van der Waals surface area contributed by atoms with Crippen LogP contribution < -0.4 is 10.6 Å². The Morgan fingerprint density at radius 3 is 2.81 bits per heavy atom. The number of amides is 1. The highest BCUT2D eigenvalue weighted by atomic mass is 19.4. The van der Waals surface area contributed by atoms with Crippen LogP contribution in [-0.2, 0) is 11.0 Å². The number of carbonyl (C=O) groups excluding carboxylic acids is 1. The van der Waals surface area contributed by atoms with E-state index in [1.54, 1.807) is 0 Å². The average molecular weight is 300 g/mol. The molecule has 1 aliphatic rings. The minimum Gasteiger partial charge on any atom is -0.326 e. The molecule has 1 atom stereocenters. The molecule has 1 saturated heterocycles. The van der Waals surface area contributed by atoms with Gasteiger partial charge in [-0.1, -0.05) is 6.07 Å². The highest BCUT2D eigenvalue weighted by molar-refractivity contribution is 5.91. The summed E-state index contributed by atoms with van der Waals surface area (Å²) >= 11 is 0. The Labute approximate surface area is 121 Å². The summed E-state index contributed by atoms with van der Waals surface area (Å²) in [6.45, 7) is 3.26. The van der Waals surface area contributed by atoms with Gasteiger partial charge in [0.1, 0.15) is 0 Å². The normalized spacial score (nSPS) is 18.8. The number of anilines is 1. The van der Waals surface area contributed by atoms with Gasteiger partial charge in [-0.3, -0.25) is 4.79 Å². The van der Waals surface area contributed by atoms with E-state index in [2.05, 4.69) is 10.6 Å². The second-order valence-corrected chi connectivity index (χ2v) is 5.42. The molecule has 2 rings (SSSR count). The fraction of sp³-hybridized carbons (Fsp3) is 0.533. The zero-order valence-corrected chi connectivity index (χ0v) is 11.9. The van der Waals surface area contributed by atoms with Crippen molar-refractivity contribution in [1.29, 1.82) is 0 Å². The van der Waals surface area contributed by atoms with E-state index >= 15 is 0 Å². The Morgan fingerprint density at radius 2 is 2.19 bits per heavy atom.